The van der Waals surface area contributed by atoms with Crippen LogP contribution in [0.5, 0.6) is 5.75 Å². The third-order valence-electron chi connectivity index (χ3n) is 3.83. The molecule has 7 heteroatoms. The molecule has 1 heterocycles. The van der Waals surface area contributed by atoms with Crippen LogP contribution in [0.1, 0.15) is 20.8 Å². The molecule has 1 saturated heterocycles. The summed E-state index contributed by atoms with van der Waals surface area (Å²) in [5, 5.41) is 3.12. The molecule has 1 N–H and O–H groups in total. The van der Waals surface area contributed by atoms with Gasteiger partial charge >= 0.3 is 6.09 Å². The van der Waals surface area contributed by atoms with E-state index in [9.17, 15) is 9.59 Å². The van der Waals surface area contributed by atoms with Crippen LogP contribution < -0.4 is 10.1 Å². The molecule has 7 nitrogen and oxygen atoms in total. The minimum Gasteiger partial charge on any atom is -0.491 e. The van der Waals surface area contributed by atoms with Crippen molar-refractivity contribution in [2.24, 2.45) is 0 Å². The number of carbonyl (C=O) groups is 2. The Kier molecular flexibility index (Phi) is 6.91. The molecule has 0 spiro atoms. The Morgan fingerprint density at radius 3 is 2.24 bits per heavy atom. The summed E-state index contributed by atoms with van der Waals surface area (Å²) in [4.78, 5) is 27.3. The summed E-state index contributed by atoms with van der Waals surface area (Å²) in [5.41, 5.74) is 0.870. The lowest BCUT2D eigenvalue weighted by Crippen LogP contribution is -2.51. The van der Waals surface area contributed by atoms with E-state index >= 15 is 0 Å². The van der Waals surface area contributed by atoms with Crippen LogP contribution in [0.25, 0.3) is 0 Å². The Balaban J connectivity index is 1.75. The summed E-state index contributed by atoms with van der Waals surface area (Å²) >= 11 is 0. The number of rotatable bonds is 6. The molecule has 0 bridgehead atoms. The normalized spacial score (nSPS) is 14.4. The topological polar surface area (TPSA) is 71.1 Å². The standard InChI is InChI=1S/C18H27N3O4/c1-4-24-18(23)21-11-9-20(10-12-21)17(22)13-19-15-5-7-16(8-6-15)25-14(2)3/h5-8,14,19H,4,9-13H2,1-3H3. The molecule has 0 saturated carbocycles. The van der Waals surface area contributed by atoms with E-state index in [2.05, 4.69) is 5.32 Å². The van der Waals surface area contributed by atoms with Crippen molar-refractivity contribution in [3.8, 4) is 5.75 Å². The van der Waals surface area contributed by atoms with Gasteiger partial charge in [-0.3, -0.25) is 4.79 Å². The molecule has 0 atom stereocenters. The Morgan fingerprint density at radius 1 is 1.08 bits per heavy atom. The second-order valence-corrected chi connectivity index (χ2v) is 6.11. The molecule has 2 rings (SSSR count). The fraction of sp³-hybridized carbons (Fsp3) is 0.556. The number of amides is 2. The van der Waals surface area contributed by atoms with Gasteiger partial charge in [-0.15, -0.1) is 0 Å². The van der Waals surface area contributed by atoms with Crippen molar-refractivity contribution in [2.45, 2.75) is 26.9 Å². The molecule has 0 aliphatic carbocycles. The van der Waals surface area contributed by atoms with Gasteiger partial charge in [-0.05, 0) is 45.0 Å². The van der Waals surface area contributed by atoms with E-state index < -0.39 is 0 Å². The summed E-state index contributed by atoms with van der Waals surface area (Å²) < 4.78 is 10.6. The van der Waals surface area contributed by atoms with E-state index in [-0.39, 0.29) is 24.6 Å². The summed E-state index contributed by atoms with van der Waals surface area (Å²) in [6, 6.07) is 7.54. The lowest BCUT2D eigenvalue weighted by atomic mass is 10.3. The molecule has 138 valence electrons. The van der Waals surface area contributed by atoms with Gasteiger partial charge in [0.25, 0.3) is 0 Å². The first-order valence-electron chi connectivity index (χ1n) is 8.69. The maximum absolute atomic E-state index is 12.3. The van der Waals surface area contributed by atoms with Crippen LogP contribution in [0.2, 0.25) is 0 Å². The third-order valence-corrected chi connectivity index (χ3v) is 3.83. The van der Waals surface area contributed by atoms with Crippen LogP contribution >= 0.6 is 0 Å². The van der Waals surface area contributed by atoms with E-state index in [4.69, 9.17) is 9.47 Å². The number of anilines is 1. The van der Waals surface area contributed by atoms with Gasteiger partial charge in [-0.25, -0.2) is 4.79 Å². The summed E-state index contributed by atoms with van der Waals surface area (Å²) in [5.74, 6) is 0.827. The number of ether oxygens (including phenoxy) is 2. The van der Waals surface area contributed by atoms with Gasteiger partial charge < -0.3 is 24.6 Å². The minimum absolute atomic E-state index is 0.0195. The van der Waals surface area contributed by atoms with Crippen LogP contribution in [-0.4, -0.2) is 67.2 Å². The van der Waals surface area contributed by atoms with Crippen molar-refractivity contribution in [3.05, 3.63) is 24.3 Å². The van der Waals surface area contributed by atoms with Crippen LogP contribution in [0.4, 0.5) is 10.5 Å². The lowest BCUT2D eigenvalue weighted by Gasteiger charge is -2.34. The van der Waals surface area contributed by atoms with Crippen molar-refractivity contribution in [3.63, 3.8) is 0 Å². The Morgan fingerprint density at radius 2 is 1.68 bits per heavy atom. The molecule has 25 heavy (non-hydrogen) atoms. The molecule has 0 aromatic heterocycles. The van der Waals surface area contributed by atoms with Crippen LogP contribution in [0.3, 0.4) is 0 Å². The second-order valence-electron chi connectivity index (χ2n) is 6.11. The number of piperazine rings is 1. The molecule has 1 fully saturated rings. The largest absolute Gasteiger partial charge is 0.491 e. The van der Waals surface area contributed by atoms with Gasteiger partial charge in [-0.2, -0.15) is 0 Å². The molecule has 0 unspecified atom stereocenters. The van der Waals surface area contributed by atoms with Crippen molar-refractivity contribution in [2.75, 3.05) is 44.6 Å². The van der Waals surface area contributed by atoms with E-state index in [0.29, 0.717) is 32.8 Å². The molecule has 1 aliphatic rings. The highest BCUT2D eigenvalue weighted by molar-refractivity contribution is 5.81. The molecule has 1 aromatic carbocycles. The number of carbonyl (C=O) groups excluding carboxylic acids is 2. The number of benzene rings is 1. The third kappa shape index (κ3) is 5.85. The first kappa shape index (κ1) is 18.9. The Hall–Kier alpha value is -2.44. The van der Waals surface area contributed by atoms with Crippen molar-refractivity contribution < 1.29 is 19.1 Å². The van der Waals surface area contributed by atoms with Gasteiger partial charge in [-0.1, -0.05) is 0 Å². The molecule has 2 amide bonds. The maximum Gasteiger partial charge on any atom is 0.409 e. The van der Waals surface area contributed by atoms with E-state index in [0.717, 1.165) is 11.4 Å². The Bertz CT molecular complexity index is 566. The number of hydrogen-bond acceptors (Lipinski definition) is 5. The highest BCUT2D eigenvalue weighted by Crippen LogP contribution is 2.16. The quantitative estimate of drug-likeness (QED) is 0.852. The minimum atomic E-state index is -0.309. The fourth-order valence-electron chi connectivity index (χ4n) is 2.57. The molecule has 0 radical (unpaired) electrons. The smallest absolute Gasteiger partial charge is 0.409 e. The van der Waals surface area contributed by atoms with E-state index in [1.165, 1.54) is 0 Å². The zero-order chi connectivity index (χ0) is 18.2. The SMILES string of the molecule is CCOC(=O)N1CCN(C(=O)CNc2ccc(OC(C)C)cc2)CC1. The Labute approximate surface area is 148 Å². The summed E-state index contributed by atoms with van der Waals surface area (Å²) in [7, 11) is 0. The van der Waals surface area contributed by atoms with Crippen LogP contribution in [-0.2, 0) is 9.53 Å². The first-order valence-corrected chi connectivity index (χ1v) is 8.69. The van der Waals surface area contributed by atoms with Gasteiger partial charge in [0.05, 0.1) is 19.3 Å². The zero-order valence-electron chi connectivity index (χ0n) is 15.2. The summed E-state index contributed by atoms with van der Waals surface area (Å²) in [6.45, 7) is 8.40. The zero-order valence-corrected chi connectivity index (χ0v) is 15.2. The van der Waals surface area contributed by atoms with Gasteiger partial charge in [0.15, 0.2) is 0 Å². The summed E-state index contributed by atoms with van der Waals surface area (Å²) in [6.07, 6.45) is -0.176. The van der Waals surface area contributed by atoms with Gasteiger partial charge in [0.1, 0.15) is 5.75 Å². The average Bonchev–Trinajstić information content (AvgIpc) is 2.61. The van der Waals surface area contributed by atoms with Gasteiger partial charge in [0, 0.05) is 31.9 Å². The highest BCUT2D eigenvalue weighted by Gasteiger charge is 2.24. The monoisotopic (exact) mass is 349 g/mol. The van der Waals surface area contributed by atoms with Gasteiger partial charge in [0.2, 0.25) is 5.91 Å². The average molecular weight is 349 g/mol. The number of nitrogens with zero attached hydrogens (tertiary/aromatic N) is 2. The lowest BCUT2D eigenvalue weighted by molar-refractivity contribution is -0.130. The predicted molar refractivity (Wildman–Crippen MR) is 95.9 cm³/mol. The number of hydrogen-bond donors (Lipinski definition) is 1. The molecular weight excluding hydrogens is 322 g/mol. The molecule has 1 aliphatic heterocycles. The van der Waals surface area contributed by atoms with E-state index in [1.54, 1.807) is 16.7 Å². The first-order chi connectivity index (χ1) is 12.0. The van der Waals surface area contributed by atoms with Crippen LogP contribution in [0.15, 0.2) is 24.3 Å². The van der Waals surface area contributed by atoms with Crippen molar-refractivity contribution in [1.82, 2.24) is 9.80 Å². The molecular formula is C18H27N3O4. The van der Waals surface area contributed by atoms with Crippen molar-refractivity contribution >= 4 is 17.7 Å². The maximum atomic E-state index is 12.3. The van der Waals surface area contributed by atoms with E-state index in [1.807, 2.05) is 38.1 Å². The van der Waals surface area contributed by atoms with Crippen LogP contribution in [0, 0.1) is 0 Å². The number of nitrogens with one attached hydrogen (secondary N) is 1. The highest BCUT2D eigenvalue weighted by atomic mass is 16.6. The fourth-order valence-corrected chi connectivity index (χ4v) is 2.57. The predicted octanol–water partition coefficient (Wildman–Crippen LogP) is 2.19. The second kappa shape index (κ2) is 9.15. The van der Waals surface area contributed by atoms with Crippen molar-refractivity contribution in [1.29, 1.82) is 0 Å². The molecule has 1 aromatic rings.